The highest BCUT2D eigenvalue weighted by Crippen LogP contribution is 2.31. The van der Waals surface area contributed by atoms with Crippen LogP contribution in [0.5, 0.6) is 0 Å². The van der Waals surface area contributed by atoms with Crippen molar-refractivity contribution >= 4 is 5.91 Å². The molecule has 1 aliphatic carbocycles. The lowest BCUT2D eigenvalue weighted by molar-refractivity contribution is -0.128. The maximum Gasteiger partial charge on any atom is 0.239 e. The highest BCUT2D eigenvalue weighted by molar-refractivity contribution is 5.82. The van der Waals surface area contributed by atoms with Crippen LogP contribution in [0.25, 0.3) is 0 Å². The first-order chi connectivity index (χ1) is 7.27. The molecule has 86 valence electrons. The van der Waals surface area contributed by atoms with Crippen LogP contribution >= 0.6 is 0 Å². The molecule has 2 atom stereocenters. The van der Waals surface area contributed by atoms with Crippen LogP contribution in [0, 0.1) is 5.92 Å². The van der Waals surface area contributed by atoms with Gasteiger partial charge in [0.1, 0.15) is 6.04 Å². The van der Waals surface area contributed by atoms with Crippen LogP contribution in [0.4, 0.5) is 0 Å². The Balaban J connectivity index is 1.68. The molecule has 1 saturated heterocycles. The van der Waals surface area contributed by atoms with Crippen molar-refractivity contribution in [2.45, 2.75) is 38.3 Å². The van der Waals surface area contributed by atoms with Gasteiger partial charge in [0.05, 0.1) is 12.7 Å². The summed E-state index contributed by atoms with van der Waals surface area (Å²) in [5, 5.41) is 6.16. The van der Waals surface area contributed by atoms with Gasteiger partial charge in [0, 0.05) is 13.1 Å². The highest BCUT2D eigenvalue weighted by atomic mass is 16.5. The first-order valence-electron chi connectivity index (χ1n) is 5.90. The van der Waals surface area contributed by atoms with Crippen LogP contribution in [0.1, 0.15) is 26.2 Å². The van der Waals surface area contributed by atoms with E-state index in [0.717, 1.165) is 25.4 Å². The number of rotatable bonds is 4. The van der Waals surface area contributed by atoms with Crippen molar-refractivity contribution in [3.63, 3.8) is 0 Å². The molecule has 0 radical (unpaired) electrons. The molecule has 2 fully saturated rings. The Labute approximate surface area is 90.8 Å². The number of carbonyl (C=O) groups is 1. The van der Waals surface area contributed by atoms with Gasteiger partial charge in [-0.25, -0.2) is 0 Å². The molecule has 4 nitrogen and oxygen atoms in total. The molecule has 0 bridgehead atoms. The first kappa shape index (κ1) is 10.9. The average molecular weight is 212 g/mol. The van der Waals surface area contributed by atoms with Crippen LogP contribution in [-0.4, -0.2) is 37.7 Å². The number of morpholine rings is 1. The van der Waals surface area contributed by atoms with Crippen LogP contribution < -0.4 is 10.6 Å². The molecular weight excluding hydrogens is 192 g/mol. The maximum absolute atomic E-state index is 11.8. The summed E-state index contributed by atoms with van der Waals surface area (Å²) in [4.78, 5) is 11.8. The van der Waals surface area contributed by atoms with Crippen LogP contribution in [0.15, 0.2) is 0 Å². The molecule has 1 amide bonds. The lowest BCUT2D eigenvalue weighted by Crippen LogP contribution is -2.55. The Morgan fingerprint density at radius 1 is 1.53 bits per heavy atom. The van der Waals surface area contributed by atoms with E-state index < -0.39 is 0 Å². The third-order valence-corrected chi connectivity index (χ3v) is 3.15. The monoisotopic (exact) mass is 212 g/mol. The van der Waals surface area contributed by atoms with Gasteiger partial charge in [0.2, 0.25) is 5.91 Å². The van der Waals surface area contributed by atoms with Gasteiger partial charge in [0.15, 0.2) is 0 Å². The summed E-state index contributed by atoms with van der Waals surface area (Å²) in [6.45, 7) is 4.23. The maximum atomic E-state index is 11.8. The van der Waals surface area contributed by atoms with E-state index in [1.54, 1.807) is 0 Å². The summed E-state index contributed by atoms with van der Waals surface area (Å²) in [6.07, 6.45) is 3.81. The molecule has 0 spiro atoms. The van der Waals surface area contributed by atoms with Gasteiger partial charge in [-0.05, 0) is 19.3 Å². The fourth-order valence-corrected chi connectivity index (χ4v) is 1.94. The molecule has 1 heterocycles. The number of amides is 1. The Morgan fingerprint density at radius 3 is 3.00 bits per heavy atom. The zero-order chi connectivity index (χ0) is 10.7. The molecule has 2 N–H and O–H groups in total. The number of hydrogen-bond donors (Lipinski definition) is 2. The Kier molecular flexibility index (Phi) is 3.59. The molecule has 0 aromatic heterocycles. The van der Waals surface area contributed by atoms with Crippen molar-refractivity contribution in [1.82, 2.24) is 10.6 Å². The van der Waals surface area contributed by atoms with Crippen molar-refractivity contribution in [2.75, 3.05) is 19.7 Å². The SMILES string of the molecule is C[C@H]1OCCN[C@@H]1C(=O)NCCC1CC1. The topological polar surface area (TPSA) is 50.4 Å². The van der Waals surface area contributed by atoms with Crippen LogP contribution in [0.2, 0.25) is 0 Å². The largest absolute Gasteiger partial charge is 0.375 e. The minimum atomic E-state index is -0.169. The van der Waals surface area contributed by atoms with Crippen LogP contribution in [-0.2, 0) is 9.53 Å². The summed E-state index contributed by atoms with van der Waals surface area (Å²) >= 11 is 0. The summed E-state index contributed by atoms with van der Waals surface area (Å²) < 4.78 is 5.43. The predicted molar refractivity (Wildman–Crippen MR) is 57.6 cm³/mol. The van der Waals surface area contributed by atoms with E-state index in [1.165, 1.54) is 12.8 Å². The second-order valence-electron chi connectivity index (χ2n) is 4.53. The number of nitrogens with one attached hydrogen (secondary N) is 2. The van der Waals surface area contributed by atoms with E-state index in [-0.39, 0.29) is 18.1 Å². The standard InChI is InChI=1S/C11H20N2O2/c1-8-10(12-6-7-15-8)11(14)13-5-4-9-2-3-9/h8-10,12H,2-7H2,1H3,(H,13,14)/t8-,10+/m1/s1. The Bertz CT molecular complexity index is 229. The quantitative estimate of drug-likeness (QED) is 0.704. The van der Waals surface area contributed by atoms with E-state index in [4.69, 9.17) is 4.74 Å². The molecular formula is C11H20N2O2. The highest BCUT2D eigenvalue weighted by Gasteiger charge is 2.28. The third kappa shape index (κ3) is 3.18. The lowest BCUT2D eigenvalue weighted by atomic mass is 10.1. The minimum Gasteiger partial charge on any atom is -0.375 e. The number of carbonyl (C=O) groups excluding carboxylic acids is 1. The van der Waals surface area contributed by atoms with Gasteiger partial charge >= 0.3 is 0 Å². The normalized spacial score (nSPS) is 31.3. The van der Waals surface area contributed by atoms with Crippen molar-refractivity contribution < 1.29 is 9.53 Å². The van der Waals surface area contributed by atoms with Crippen molar-refractivity contribution in [3.8, 4) is 0 Å². The van der Waals surface area contributed by atoms with Gasteiger partial charge in [-0.15, -0.1) is 0 Å². The first-order valence-corrected chi connectivity index (χ1v) is 5.90. The second kappa shape index (κ2) is 4.94. The number of hydrogen-bond acceptors (Lipinski definition) is 3. The molecule has 4 heteroatoms. The summed E-state index contributed by atoms with van der Waals surface area (Å²) in [5.41, 5.74) is 0. The molecule has 2 rings (SSSR count). The van der Waals surface area contributed by atoms with Crippen molar-refractivity contribution in [2.24, 2.45) is 5.92 Å². The molecule has 0 unspecified atom stereocenters. The van der Waals surface area contributed by atoms with E-state index in [1.807, 2.05) is 6.92 Å². The fraction of sp³-hybridized carbons (Fsp3) is 0.909. The summed E-state index contributed by atoms with van der Waals surface area (Å²) in [7, 11) is 0. The van der Waals surface area contributed by atoms with Crippen LogP contribution in [0.3, 0.4) is 0 Å². The average Bonchev–Trinajstić information content (AvgIpc) is 3.02. The van der Waals surface area contributed by atoms with Crippen molar-refractivity contribution in [3.05, 3.63) is 0 Å². The van der Waals surface area contributed by atoms with E-state index >= 15 is 0 Å². The molecule has 0 aromatic carbocycles. The summed E-state index contributed by atoms with van der Waals surface area (Å²) in [6, 6.07) is -0.169. The number of ether oxygens (including phenoxy) is 1. The molecule has 2 aliphatic rings. The van der Waals surface area contributed by atoms with Gasteiger partial charge in [-0.2, -0.15) is 0 Å². The predicted octanol–water partition coefficient (Wildman–Crippen LogP) is 0.280. The lowest BCUT2D eigenvalue weighted by Gasteiger charge is -2.29. The third-order valence-electron chi connectivity index (χ3n) is 3.15. The molecule has 15 heavy (non-hydrogen) atoms. The van der Waals surface area contributed by atoms with Crippen molar-refractivity contribution in [1.29, 1.82) is 0 Å². The van der Waals surface area contributed by atoms with Gasteiger partial charge in [0.25, 0.3) is 0 Å². The zero-order valence-electron chi connectivity index (χ0n) is 9.29. The molecule has 0 aromatic rings. The van der Waals surface area contributed by atoms with Gasteiger partial charge in [-0.1, -0.05) is 12.8 Å². The molecule has 1 saturated carbocycles. The Hall–Kier alpha value is -0.610. The molecule has 1 aliphatic heterocycles. The van der Waals surface area contributed by atoms with E-state index in [2.05, 4.69) is 10.6 Å². The minimum absolute atomic E-state index is 0.0142. The van der Waals surface area contributed by atoms with E-state index in [0.29, 0.717) is 6.61 Å². The fourth-order valence-electron chi connectivity index (χ4n) is 1.94. The van der Waals surface area contributed by atoms with Gasteiger partial charge < -0.3 is 15.4 Å². The summed E-state index contributed by atoms with van der Waals surface area (Å²) in [5.74, 6) is 0.959. The zero-order valence-corrected chi connectivity index (χ0v) is 9.29. The Morgan fingerprint density at radius 2 is 2.33 bits per heavy atom. The van der Waals surface area contributed by atoms with E-state index in [9.17, 15) is 4.79 Å². The van der Waals surface area contributed by atoms with Gasteiger partial charge in [-0.3, -0.25) is 4.79 Å². The second-order valence-corrected chi connectivity index (χ2v) is 4.53. The smallest absolute Gasteiger partial charge is 0.239 e.